The minimum absolute atomic E-state index is 0.291. The number of aromatic nitrogens is 4. The molecule has 2 heterocycles. The van der Waals surface area contributed by atoms with Crippen molar-refractivity contribution in [2.24, 2.45) is 0 Å². The van der Waals surface area contributed by atoms with E-state index in [1.807, 2.05) is 55.5 Å². The molecule has 164 valence electrons. The van der Waals surface area contributed by atoms with Gasteiger partial charge >= 0.3 is 6.01 Å². The number of para-hydroxylation sites is 1. The van der Waals surface area contributed by atoms with E-state index in [9.17, 15) is 0 Å². The number of benzene rings is 2. The van der Waals surface area contributed by atoms with Crippen LogP contribution in [0.5, 0.6) is 17.5 Å². The number of hydrogen-bond acceptors (Lipinski definition) is 7. The van der Waals surface area contributed by atoms with Crippen molar-refractivity contribution in [1.82, 2.24) is 30.4 Å². The van der Waals surface area contributed by atoms with E-state index in [1.165, 1.54) is 19.4 Å². The SMILES string of the molecule is CCOc1cc(CNCC2CCCN2CC)ccc1Oc1nnnn1-c1ccccc1. The van der Waals surface area contributed by atoms with Gasteiger partial charge in [0.25, 0.3) is 0 Å². The molecule has 1 aromatic heterocycles. The minimum Gasteiger partial charge on any atom is -0.490 e. The van der Waals surface area contributed by atoms with Crippen LogP contribution in [0.3, 0.4) is 0 Å². The van der Waals surface area contributed by atoms with Gasteiger partial charge in [0.2, 0.25) is 0 Å². The van der Waals surface area contributed by atoms with E-state index >= 15 is 0 Å². The van der Waals surface area contributed by atoms with E-state index in [-0.39, 0.29) is 0 Å². The van der Waals surface area contributed by atoms with Gasteiger partial charge in [0, 0.05) is 19.1 Å². The zero-order valence-electron chi connectivity index (χ0n) is 18.2. The molecule has 1 atom stereocenters. The topological polar surface area (TPSA) is 77.3 Å². The Kier molecular flexibility index (Phi) is 7.11. The number of hydrogen-bond donors (Lipinski definition) is 1. The normalized spacial score (nSPS) is 16.5. The van der Waals surface area contributed by atoms with Gasteiger partial charge in [0.1, 0.15) is 0 Å². The molecule has 1 fully saturated rings. The first-order valence-electron chi connectivity index (χ1n) is 11.0. The number of ether oxygens (including phenoxy) is 2. The predicted octanol–water partition coefficient (Wildman–Crippen LogP) is 3.43. The summed E-state index contributed by atoms with van der Waals surface area (Å²) in [5, 5.41) is 15.4. The second kappa shape index (κ2) is 10.4. The second-order valence-corrected chi connectivity index (χ2v) is 7.58. The Labute approximate surface area is 183 Å². The van der Waals surface area contributed by atoms with Gasteiger partial charge in [0.05, 0.1) is 12.3 Å². The Morgan fingerprint density at radius 1 is 1.10 bits per heavy atom. The number of nitrogens with zero attached hydrogens (tertiary/aromatic N) is 5. The predicted molar refractivity (Wildman–Crippen MR) is 119 cm³/mol. The number of tetrazole rings is 1. The summed E-state index contributed by atoms with van der Waals surface area (Å²) in [6.07, 6.45) is 2.57. The van der Waals surface area contributed by atoms with Gasteiger partial charge < -0.3 is 14.8 Å². The highest BCUT2D eigenvalue weighted by atomic mass is 16.5. The van der Waals surface area contributed by atoms with E-state index in [1.54, 1.807) is 4.68 Å². The van der Waals surface area contributed by atoms with Crippen LogP contribution in [0.1, 0.15) is 32.3 Å². The Morgan fingerprint density at radius 3 is 2.77 bits per heavy atom. The number of nitrogens with one attached hydrogen (secondary N) is 1. The van der Waals surface area contributed by atoms with E-state index in [2.05, 4.69) is 32.7 Å². The average molecular weight is 423 g/mol. The Morgan fingerprint density at radius 2 is 1.97 bits per heavy atom. The molecular weight excluding hydrogens is 392 g/mol. The molecule has 8 heteroatoms. The number of likely N-dealkylation sites (tertiary alicyclic amines) is 1. The maximum absolute atomic E-state index is 6.03. The smallest absolute Gasteiger partial charge is 0.346 e. The maximum atomic E-state index is 6.03. The molecule has 1 aliphatic rings. The summed E-state index contributed by atoms with van der Waals surface area (Å²) in [7, 11) is 0. The number of likely N-dealkylation sites (N-methyl/N-ethyl adjacent to an activating group) is 1. The molecular formula is C23H30N6O2. The van der Waals surface area contributed by atoms with Crippen molar-refractivity contribution in [3.8, 4) is 23.2 Å². The average Bonchev–Trinajstić information content (AvgIpc) is 3.45. The zero-order valence-corrected chi connectivity index (χ0v) is 18.2. The Bertz CT molecular complexity index is 962. The molecule has 1 unspecified atom stereocenters. The fraction of sp³-hybridized carbons (Fsp3) is 0.435. The summed E-state index contributed by atoms with van der Waals surface area (Å²) in [4.78, 5) is 2.55. The van der Waals surface area contributed by atoms with Crippen LogP contribution < -0.4 is 14.8 Å². The molecule has 0 amide bonds. The van der Waals surface area contributed by atoms with E-state index in [0.29, 0.717) is 30.2 Å². The Balaban J connectivity index is 1.44. The summed E-state index contributed by atoms with van der Waals surface area (Å²) in [6.45, 7) is 8.87. The monoisotopic (exact) mass is 422 g/mol. The quantitative estimate of drug-likeness (QED) is 0.536. The third-order valence-electron chi connectivity index (χ3n) is 5.57. The molecule has 8 nitrogen and oxygen atoms in total. The third-order valence-corrected chi connectivity index (χ3v) is 5.57. The first-order chi connectivity index (χ1) is 15.3. The van der Waals surface area contributed by atoms with Crippen molar-refractivity contribution in [2.45, 2.75) is 39.3 Å². The van der Waals surface area contributed by atoms with Gasteiger partial charge in [-0.3, -0.25) is 4.90 Å². The molecule has 1 N–H and O–H groups in total. The molecule has 3 aromatic rings. The van der Waals surface area contributed by atoms with E-state index < -0.39 is 0 Å². The van der Waals surface area contributed by atoms with Crippen LogP contribution in [0.25, 0.3) is 5.69 Å². The summed E-state index contributed by atoms with van der Waals surface area (Å²) < 4.78 is 13.4. The van der Waals surface area contributed by atoms with Crippen LogP contribution >= 0.6 is 0 Å². The lowest BCUT2D eigenvalue weighted by Gasteiger charge is -2.23. The van der Waals surface area contributed by atoms with Crippen LogP contribution in [-0.2, 0) is 6.54 Å². The number of rotatable bonds is 10. The van der Waals surface area contributed by atoms with Crippen LogP contribution in [0, 0.1) is 0 Å². The molecule has 1 saturated heterocycles. The van der Waals surface area contributed by atoms with Gasteiger partial charge in [-0.1, -0.05) is 36.3 Å². The third kappa shape index (κ3) is 5.21. The molecule has 0 radical (unpaired) electrons. The fourth-order valence-corrected chi connectivity index (χ4v) is 4.01. The van der Waals surface area contributed by atoms with Crippen molar-refractivity contribution in [3.63, 3.8) is 0 Å². The molecule has 0 saturated carbocycles. The summed E-state index contributed by atoms with van der Waals surface area (Å²) >= 11 is 0. The molecule has 2 aromatic carbocycles. The first kappa shape index (κ1) is 21.3. The molecule has 4 rings (SSSR count). The highest BCUT2D eigenvalue weighted by Gasteiger charge is 2.22. The maximum Gasteiger partial charge on any atom is 0.346 e. The summed E-state index contributed by atoms with van der Waals surface area (Å²) in [5.74, 6) is 1.27. The molecule has 0 aliphatic carbocycles. The molecule has 0 bridgehead atoms. The highest BCUT2D eigenvalue weighted by Crippen LogP contribution is 2.32. The minimum atomic E-state index is 0.291. The highest BCUT2D eigenvalue weighted by molar-refractivity contribution is 5.44. The lowest BCUT2D eigenvalue weighted by Crippen LogP contribution is -2.37. The summed E-state index contributed by atoms with van der Waals surface area (Å²) in [5.41, 5.74) is 1.98. The van der Waals surface area contributed by atoms with Gasteiger partial charge in [0.15, 0.2) is 11.5 Å². The van der Waals surface area contributed by atoms with Crippen molar-refractivity contribution < 1.29 is 9.47 Å². The van der Waals surface area contributed by atoms with Crippen LogP contribution in [0.2, 0.25) is 0 Å². The van der Waals surface area contributed by atoms with Gasteiger partial charge in [-0.05, 0) is 73.1 Å². The van der Waals surface area contributed by atoms with Crippen molar-refractivity contribution >= 4 is 0 Å². The molecule has 1 aliphatic heterocycles. The fourth-order valence-electron chi connectivity index (χ4n) is 4.01. The van der Waals surface area contributed by atoms with E-state index in [4.69, 9.17) is 9.47 Å². The van der Waals surface area contributed by atoms with Crippen LogP contribution in [0.15, 0.2) is 48.5 Å². The largest absolute Gasteiger partial charge is 0.490 e. The first-order valence-corrected chi connectivity index (χ1v) is 11.0. The van der Waals surface area contributed by atoms with Gasteiger partial charge in [-0.2, -0.15) is 4.68 Å². The van der Waals surface area contributed by atoms with Crippen molar-refractivity contribution in [2.75, 3.05) is 26.2 Å². The summed E-state index contributed by atoms with van der Waals surface area (Å²) in [6, 6.07) is 16.6. The van der Waals surface area contributed by atoms with Crippen LogP contribution in [0.4, 0.5) is 0 Å². The molecule has 31 heavy (non-hydrogen) atoms. The Hall–Kier alpha value is -2.97. The van der Waals surface area contributed by atoms with Gasteiger partial charge in [-0.25, -0.2) is 0 Å². The molecule has 0 spiro atoms. The van der Waals surface area contributed by atoms with Gasteiger partial charge in [-0.15, -0.1) is 0 Å². The lowest BCUT2D eigenvalue weighted by atomic mass is 10.1. The van der Waals surface area contributed by atoms with E-state index in [0.717, 1.165) is 30.9 Å². The second-order valence-electron chi connectivity index (χ2n) is 7.58. The van der Waals surface area contributed by atoms with Crippen molar-refractivity contribution in [1.29, 1.82) is 0 Å². The van der Waals surface area contributed by atoms with Crippen molar-refractivity contribution in [3.05, 3.63) is 54.1 Å². The standard InChI is InChI=1S/C23H30N6O2/c1-3-28-14-8-11-20(28)17-24-16-18-12-13-21(22(15-18)30-4-2)31-23-25-26-27-29(23)19-9-6-5-7-10-19/h5-7,9-10,12-13,15,20,24H,3-4,8,11,14,16-17H2,1-2H3. The van der Waals surface area contributed by atoms with Crippen LogP contribution in [-0.4, -0.2) is 57.4 Å². The lowest BCUT2D eigenvalue weighted by molar-refractivity contribution is 0.260. The zero-order chi connectivity index (χ0) is 21.5.